The van der Waals surface area contributed by atoms with Crippen LogP contribution in [-0.2, 0) is 4.79 Å². The maximum Gasteiger partial charge on any atom is 0.261 e. The molecule has 28 heavy (non-hydrogen) atoms. The van der Waals surface area contributed by atoms with E-state index >= 15 is 0 Å². The van der Waals surface area contributed by atoms with Crippen molar-refractivity contribution in [2.45, 2.75) is 32.9 Å². The molecule has 0 aliphatic carbocycles. The quantitative estimate of drug-likeness (QED) is 0.495. The Kier molecular flexibility index (Phi) is 6.30. The molecule has 0 fully saturated rings. The molecule has 0 unspecified atom stereocenters. The van der Waals surface area contributed by atoms with Gasteiger partial charge in [-0.15, -0.1) is 10.2 Å². The van der Waals surface area contributed by atoms with E-state index in [1.54, 1.807) is 4.40 Å². The molecule has 2 aromatic heterocycles. The Morgan fingerprint density at radius 1 is 1.07 bits per heavy atom. The summed E-state index contributed by atoms with van der Waals surface area (Å²) in [5.41, 5.74) is 3.11. The van der Waals surface area contributed by atoms with Crippen LogP contribution in [0.2, 0.25) is 0 Å². The zero-order valence-corrected chi connectivity index (χ0v) is 17.2. The third-order valence-corrected chi connectivity index (χ3v) is 4.97. The van der Waals surface area contributed by atoms with Crippen molar-refractivity contribution in [2.24, 2.45) is 0 Å². The fourth-order valence-electron chi connectivity index (χ4n) is 2.54. The molecule has 10 heteroatoms. The van der Waals surface area contributed by atoms with Crippen LogP contribution in [0.1, 0.15) is 25.0 Å². The molecule has 0 aliphatic heterocycles. The number of rotatable bonds is 8. The molecule has 0 radical (unpaired) electrons. The standard InChI is InChI=1S/C18H24N8OS/c1-5-19-15-22-16(20-6-2)26-17(23-15)24-25-18(26)28-10-14(27)21-13-8-7-11(3)12(4)9-13/h7-9H,5-6,10H2,1-4H3,(H,21,27)(H2,19,20,22,23,24). The predicted molar refractivity (Wildman–Crippen MR) is 112 cm³/mol. The van der Waals surface area contributed by atoms with Crippen LogP contribution in [0, 0.1) is 13.8 Å². The van der Waals surface area contributed by atoms with Gasteiger partial charge in [0.1, 0.15) is 0 Å². The van der Waals surface area contributed by atoms with Gasteiger partial charge < -0.3 is 16.0 Å². The maximum atomic E-state index is 12.3. The molecule has 1 aromatic carbocycles. The maximum absolute atomic E-state index is 12.3. The number of aromatic nitrogens is 5. The van der Waals surface area contributed by atoms with Crippen molar-refractivity contribution in [1.82, 2.24) is 24.6 Å². The molecule has 0 aliphatic rings. The van der Waals surface area contributed by atoms with Crippen LogP contribution in [0.5, 0.6) is 0 Å². The molecule has 148 valence electrons. The zero-order chi connectivity index (χ0) is 20.1. The summed E-state index contributed by atoms with van der Waals surface area (Å²) < 4.78 is 1.72. The Labute approximate surface area is 167 Å². The van der Waals surface area contributed by atoms with Gasteiger partial charge in [-0.1, -0.05) is 17.8 Å². The average molecular weight is 401 g/mol. The molecule has 0 saturated carbocycles. The zero-order valence-electron chi connectivity index (χ0n) is 16.4. The molecule has 2 heterocycles. The molecule has 9 nitrogen and oxygen atoms in total. The van der Waals surface area contributed by atoms with Crippen molar-refractivity contribution >= 4 is 41.0 Å². The van der Waals surface area contributed by atoms with Gasteiger partial charge in [0.2, 0.25) is 17.8 Å². The van der Waals surface area contributed by atoms with Gasteiger partial charge in [0, 0.05) is 18.8 Å². The van der Waals surface area contributed by atoms with Crippen molar-refractivity contribution in [3.05, 3.63) is 29.3 Å². The highest BCUT2D eigenvalue weighted by atomic mass is 32.2. The van der Waals surface area contributed by atoms with Crippen LogP contribution < -0.4 is 16.0 Å². The SMILES string of the molecule is CCNc1nc(NCC)n2c(SCC(=O)Nc3ccc(C)c(C)c3)nnc2n1. The van der Waals surface area contributed by atoms with E-state index in [1.807, 2.05) is 45.9 Å². The minimum atomic E-state index is -0.111. The molecule has 0 atom stereocenters. The smallest absolute Gasteiger partial charge is 0.261 e. The summed E-state index contributed by atoms with van der Waals surface area (Å²) in [7, 11) is 0. The van der Waals surface area contributed by atoms with Gasteiger partial charge in [-0.2, -0.15) is 9.97 Å². The lowest BCUT2D eigenvalue weighted by Crippen LogP contribution is -2.15. The van der Waals surface area contributed by atoms with Crippen LogP contribution in [0.3, 0.4) is 0 Å². The van der Waals surface area contributed by atoms with Crippen LogP contribution in [0.15, 0.2) is 23.4 Å². The predicted octanol–water partition coefficient (Wildman–Crippen LogP) is 2.73. The second-order valence-corrected chi connectivity index (χ2v) is 7.13. The number of amides is 1. The van der Waals surface area contributed by atoms with Crippen molar-refractivity contribution in [1.29, 1.82) is 0 Å². The fraction of sp³-hybridized carbons (Fsp3) is 0.389. The minimum Gasteiger partial charge on any atom is -0.355 e. The van der Waals surface area contributed by atoms with E-state index in [1.165, 1.54) is 17.3 Å². The Morgan fingerprint density at radius 2 is 1.86 bits per heavy atom. The summed E-state index contributed by atoms with van der Waals surface area (Å²) in [6.07, 6.45) is 0. The number of carbonyl (C=O) groups is 1. The molecule has 0 saturated heterocycles. The van der Waals surface area contributed by atoms with Crippen LogP contribution in [-0.4, -0.2) is 49.3 Å². The van der Waals surface area contributed by atoms with Crippen LogP contribution in [0.25, 0.3) is 5.78 Å². The molecule has 3 aromatic rings. The summed E-state index contributed by atoms with van der Waals surface area (Å²) in [4.78, 5) is 21.2. The second-order valence-electron chi connectivity index (χ2n) is 6.19. The number of anilines is 3. The Morgan fingerprint density at radius 3 is 2.57 bits per heavy atom. The number of aryl methyl sites for hydroxylation is 2. The van der Waals surface area contributed by atoms with Crippen molar-refractivity contribution < 1.29 is 4.79 Å². The fourth-order valence-corrected chi connectivity index (χ4v) is 3.27. The summed E-state index contributed by atoms with van der Waals surface area (Å²) in [6.45, 7) is 9.41. The van der Waals surface area contributed by atoms with Crippen molar-refractivity contribution in [3.8, 4) is 0 Å². The number of hydrogen-bond donors (Lipinski definition) is 3. The first-order valence-corrected chi connectivity index (χ1v) is 10.1. The van der Waals surface area contributed by atoms with Crippen LogP contribution >= 0.6 is 11.8 Å². The first-order chi connectivity index (χ1) is 13.5. The van der Waals surface area contributed by atoms with E-state index in [0.29, 0.717) is 35.9 Å². The second kappa shape index (κ2) is 8.87. The Balaban J connectivity index is 1.74. The van der Waals surface area contributed by atoms with Gasteiger partial charge in [-0.05, 0) is 51.0 Å². The largest absolute Gasteiger partial charge is 0.355 e. The number of carbonyl (C=O) groups excluding carboxylic acids is 1. The monoisotopic (exact) mass is 400 g/mol. The first-order valence-electron chi connectivity index (χ1n) is 9.12. The summed E-state index contributed by atoms with van der Waals surface area (Å²) >= 11 is 1.29. The number of thioether (sulfide) groups is 1. The summed E-state index contributed by atoms with van der Waals surface area (Å²) in [6, 6.07) is 5.85. The highest BCUT2D eigenvalue weighted by molar-refractivity contribution is 7.99. The molecule has 1 amide bonds. The third-order valence-electron chi connectivity index (χ3n) is 4.04. The van der Waals surface area contributed by atoms with Crippen LogP contribution in [0.4, 0.5) is 17.6 Å². The molecule has 3 rings (SSSR count). The van der Waals surface area contributed by atoms with Gasteiger partial charge in [0.25, 0.3) is 5.78 Å². The molecular formula is C18H24N8OS. The Hall–Kier alpha value is -2.88. The van der Waals surface area contributed by atoms with Crippen molar-refractivity contribution in [3.63, 3.8) is 0 Å². The van der Waals surface area contributed by atoms with Gasteiger partial charge >= 0.3 is 0 Å². The van der Waals surface area contributed by atoms with Crippen molar-refractivity contribution in [2.75, 3.05) is 34.8 Å². The van der Waals surface area contributed by atoms with E-state index in [2.05, 4.69) is 36.1 Å². The average Bonchev–Trinajstić information content (AvgIpc) is 3.07. The molecule has 3 N–H and O–H groups in total. The molecular weight excluding hydrogens is 376 g/mol. The van der Waals surface area contributed by atoms with Gasteiger partial charge in [0.05, 0.1) is 5.75 Å². The lowest BCUT2D eigenvalue weighted by atomic mass is 10.1. The number of hydrogen-bond acceptors (Lipinski definition) is 8. The third kappa shape index (κ3) is 4.50. The van der Waals surface area contributed by atoms with E-state index in [-0.39, 0.29) is 11.7 Å². The lowest BCUT2D eigenvalue weighted by Gasteiger charge is -2.10. The first kappa shape index (κ1) is 19.9. The number of nitrogens with zero attached hydrogens (tertiary/aromatic N) is 5. The Bertz CT molecular complexity index is 987. The van der Waals surface area contributed by atoms with Gasteiger partial charge in [-0.25, -0.2) is 4.40 Å². The highest BCUT2D eigenvalue weighted by Gasteiger charge is 2.16. The van der Waals surface area contributed by atoms with E-state index in [4.69, 9.17) is 0 Å². The normalized spacial score (nSPS) is 10.9. The summed E-state index contributed by atoms with van der Waals surface area (Å²) in [5, 5.41) is 18.0. The highest BCUT2D eigenvalue weighted by Crippen LogP contribution is 2.21. The van der Waals surface area contributed by atoms with Gasteiger partial charge in [0.15, 0.2) is 5.16 Å². The van der Waals surface area contributed by atoms with E-state index < -0.39 is 0 Å². The number of benzene rings is 1. The lowest BCUT2D eigenvalue weighted by molar-refractivity contribution is -0.113. The minimum absolute atomic E-state index is 0.111. The summed E-state index contributed by atoms with van der Waals surface area (Å²) in [5.74, 6) is 1.60. The molecule has 0 spiro atoms. The molecule has 0 bridgehead atoms. The van der Waals surface area contributed by atoms with E-state index in [9.17, 15) is 4.79 Å². The van der Waals surface area contributed by atoms with Gasteiger partial charge in [-0.3, -0.25) is 4.79 Å². The number of nitrogens with one attached hydrogen (secondary N) is 3. The topological polar surface area (TPSA) is 109 Å². The number of fused-ring (bicyclic) bond motifs is 1. The van der Waals surface area contributed by atoms with E-state index in [0.717, 1.165) is 11.3 Å².